The summed E-state index contributed by atoms with van der Waals surface area (Å²) in [7, 11) is -1.45. The summed E-state index contributed by atoms with van der Waals surface area (Å²) in [6.07, 6.45) is 3.01. The van der Waals surface area contributed by atoms with Gasteiger partial charge in [0.2, 0.25) is 0 Å². The normalized spacial score (nSPS) is 11.5. The van der Waals surface area contributed by atoms with Crippen LogP contribution in [0.2, 0.25) is 13.1 Å². The fraction of sp³-hybridized carbons (Fsp3) is 0.312. The van der Waals surface area contributed by atoms with E-state index in [9.17, 15) is 0 Å². The highest BCUT2D eigenvalue weighted by molar-refractivity contribution is 6.89. The van der Waals surface area contributed by atoms with Gasteiger partial charge in [0.1, 0.15) is 0 Å². The molecular formula is C16H21NSi. The van der Waals surface area contributed by atoms with Crippen molar-refractivity contribution in [3.63, 3.8) is 0 Å². The molecule has 0 amide bonds. The smallest absolute Gasteiger partial charge is 0.0868 e. The largest absolute Gasteiger partial charge is 0.262 e. The highest BCUT2D eigenvalue weighted by Gasteiger charge is 2.26. The zero-order valence-electron chi connectivity index (χ0n) is 11.5. The number of aryl methyl sites for hydroxylation is 1. The molecule has 0 saturated heterocycles. The average molecular weight is 255 g/mol. The molecule has 0 aliphatic carbocycles. The Morgan fingerprint density at radius 1 is 1.00 bits per heavy atom. The van der Waals surface area contributed by atoms with E-state index in [0.29, 0.717) is 0 Å². The lowest BCUT2D eigenvalue weighted by atomic mass is 10.2. The fourth-order valence-electron chi connectivity index (χ4n) is 2.54. The van der Waals surface area contributed by atoms with Gasteiger partial charge in [-0.05, 0) is 30.2 Å². The number of pyridine rings is 1. The van der Waals surface area contributed by atoms with Gasteiger partial charge in [-0.2, -0.15) is 0 Å². The van der Waals surface area contributed by atoms with Gasteiger partial charge in [-0.3, -0.25) is 4.98 Å². The van der Waals surface area contributed by atoms with Crippen LogP contribution in [-0.2, 0) is 12.5 Å². The van der Waals surface area contributed by atoms with Crippen LogP contribution in [0.5, 0.6) is 0 Å². The molecule has 2 rings (SSSR count). The summed E-state index contributed by atoms with van der Waals surface area (Å²) in [6, 6.07) is 16.2. The molecular weight excluding hydrogens is 234 g/mol. The Labute approximate surface area is 111 Å². The van der Waals surface area contributed by atoms with E-state index in [0.717, 1.165) is 12.5 Å². The molecule has 1 nitrogen and oxygen atoms in total. The molecule has 1 aromatic heterocycles. The van der Waals surface area contributed by atoms with Gasteiger partial charge in [-0.15, -0.1) is 0 Å². The van der Waals surface area contributed by atoms with Crippen molar-refractivity contribution in [1.29, 1.82) is 0 Å². The van der Waals surface area contributed by atoms with Gasteiger partial charge in [0.25, 0.3) is 0 Å². The third-order valence-electron chi connectivity index (χ3n) is 3.48. The lowest BCUT2D eigenvalue weighted by Crippen LogP contribution is -2.46. The molecule has 0 aliphatic rings. The van der Waals surface area contributed by atoms with Crippen molar-refractivity contribution in [2.45, 2.75) is 32.5 Å². The first-order chi connectivity index (χ1) is 8.63. The Balaban J connectivity index is 2.30. The molecule has 0 N–H and O–H groups in total. The Hall–Kier alpha value is -1.41. The standard InChI is InChI=1S/C16H21NSi/c1-4-14-9-5-6-11-16(14)18(2,3)13-15-10-7-8-12-17-15/h5-12H,4,13H2,1-3H3. The van der Waals surface area contributed by atoms with Gasteiger partial charge in [0.15, 0.2) is 0 Å². The van der Waals surface area contributed by atoms with E-state index < -0.39 is 8.07 Å². The fourth-order valence-corrected chi connectivity index (χ4v) is 5.52. The van der Waals surface area contributed by atoms with Crippen LogP contribution in [0.1, 0.15) is 18.2 Å². The quantitative estimate of drug-likeness (QED) is 0.764. The van der Waals surface area contributed by atoms with Gasteiger partial charge >= 0.3 is 0 Å². The minimum atomic E-state index is -1.45. The lowest BCUT2D eigenvalue weighted by molar-refractivity contribution is 1.12. The third-order valence-corrected chi connectivity index (χ3v) is 6.67. The van der Waals surface area contributed by atoms with Crippen LogP contribution in [0, 0.1) is 0 Å². The second-order valence-electron chi connectivity index (χ2n) is 5.39. The molecule has 0 atom stereocenters. The van der Waals surface area contributed by atoms with E-state index in [2.05, 4.69) is 61.4 Å². The first-order valence-corrected chi connectivity index (χ1v) is 9.82. The van der Waals surface area contributed by atoms with E-state index >= 15 is 0 Å². The summed E-state index contributed by atoms with van der Waals surface area (Å²) in [6.45, 7) is 7.12. The molecule has 2 aromatic rings. The van der Waals surface area contributed by atoms with E-state index in [-0.39, 0.29) is 0 Å². The van der Waals surface area contributed by atoms with Gasteiger partial charge in [0.05, 0.1) is 8.07 Å². The topological polar surface area (TPSA) is 12.9 Å². The zero-order chi connectivity index (χ0) is 13.0. The maximum absolute atomic E-state index is 4.48. The molecule has 0 fully saturated rings. The predicted octanol–water partition coefficient (Wildman–Crippen LogP) is 3.34. The lowest BCUT2D eigenvalue weighted by Gasteiger charge is -2.25. The molecule has 0 spiro atoms. The van der Waals surface area contributed by atoms with Crippen LogP contribution in [0.4, 0.5) is 0 Å². The number of rotatable bonds is 4. The van der Waals surface area contributed by atoms with E-state index in [4.69, 9.17) is 0 Å². The van der Waals surface area contributed by atoms with Crippen LogP contribution in [0.25, 0.3) is 0 Å². The summed E-state index contributed by atoms with van der Waals surface area (Å²) in [5.41, 5.74) is 2.73. The number of nitrogens with zero attached hydrogens (tertiary/aromatic N) is 1. The van der Waals surface area contributed by atoms with Gasteiger partial charge < -0.3 is 0 Å². The maximum atomic E-state index is 4.48. The Kier molecular flexibility index (Phi) is 3.97. The number of aromatic nitrogens is 1. The highest BCUT2D eigenvalue weighted by Crippen LogP contribution is 2.13. The van der Waals surface area contributed by atoms with Crippen molar-refractivity contribution in [3.05, 3.63) is 59.9 Å². The number of hydrogen-bond acceptors (Lipinski definition) is 1. The molecule has 0 aliphatic heterocycles. The molecule has 2 heteroatoms. The summed E-state index contributed by atoms with van der Waals surface area (Å²) >= 11 is 0. The van der Waals surface area contributed by atoms with Crippen LogP contribution in [0.15, 0.2) is 48.7 Å². The SMILES string of the molecule is CCc1ccccc1[Si](C)(C)Cc1ccccn1. The average Bonchev–Trinajstić information content (AvgIpc) is 2.39. The monoisotopic (exact) mass is 255 g/mol. The van der Waals surface area contributed by atoms with Crippen LogP contribution in [0.3, 0.4) is 0 Å². The molecule has 1 heterocycles. The van der Waals surface area contributed by atoms with Crippen LogP contribution < -0.4 is 5.19 Å². The summed E-state index contributed by atoms with van der Waals surface area (Å²) in [5, 5.41) is 1.58. The van der Waals surface area contributed by atoms with Crippen molar-refractivity contribution in [3.8, 4) is 0 Å². The number of benzene rings is 1. The Bertz CT molecular complexity index is 506. The van der Waals surface area contributed by atoms with Crippen molar-refractivity contribution >= 4 is 13.3 Å². The first-order valence-electron chi connectivity index (χ1n) is 6.62. The van der Waals surface area contributed by atoms with E-state index in [1.54, 1.807) is 5.19 Å². The van der Waals surface area contributed by atoms with Crippen LogP contribution in [-0.4, -0.2) is 13.1 Å². The van der Waals surface area contributed by atoms with Gasteiger partial charge in [-0.1, -0.05) is 55.5 Å². The molecule has 0 bridgehead atoms. The van der Waals surface area contributed by atoms with Crippen molar-refractivity contribution in [2.75, 3.05) is 0 Å². The minimum Gasteiger partial charge on any atom is -0.262 e. The maximum Gasteiger partial charge on any atom is 0.0868 e. The number of hydrogen-bond donors (Lipinski definition) is 0. The summed E-state index contributed by atoms with van der Waals surface area (Å²) in [4.78, 5) is 4.48. The predicted molar refractivity (Wildman–Crippen MR) is 80.9 cm³/mol. The first kappa shape index (κ1) is 13.0. The molecule has 0 unspecified atom stereocenters. The third kappa shape index (κ3) is 2.88. The van der Waals surface area contributed by atoms with E-state index in [1.807, 2.05) is 12.3 Å². The van der Waals surface area contributed by atoms with Gasteiger partial charge in [0, 0.05) is 11.9 Å². The summed E-state index contributed by atoms with van der Waals surface area (Å²) < 4.78 is 0. The molecule has 0 radical (unpaired) electrons. The second kappa shape index (κ2) is 5.49. The molecule has 18 heavy (non-hydrogen) atoms. The van der Waals surface area contributed by atoms with Crippen molar-refractivity contribution in [2.24, 2.45) is 0 Å². The molecule has 1 aromatic carbocycles. The minimum absolute atomic E-state index is 1.12. The Morgan fingerprint density at radius 3 is 2.39 bits per heavy atom. The second-order valence-corrected chi connectivity index (χ2v) is 10.1. The zero-order valence-corrected chi connectivity index (χ0v) is 12.5. The van der Waals surface area contributed by atoms with Gasteiger partial charge in [-0.25, -0.2) is 0 Å². The molecule has 94 valence electrons. The molecule has 0 saturated carbocycles. The van der Waals surface area contributed by atoms with Crippen molar-refractivity contribution in [1.82, 2.24) is 4.98 Å². The van der Waals surface area contributed by atoms with Crippen molar-refractivity contribution < 1.29 is 0 Å². The van der Waals surface area contributed by atoms with E-state index in [1.165, 1.54) is 11.3 Å². The summed E-state index contributed by atoms with van der Waals surface area (Å²) in [5.74, 6) is 0. The van der Waals surface area contributed by atoms with Crippen LogP contribution >= 0.6 is 0 Å². The Morgan fingerprint density at radius 2 is 1.72 bits per heavy atom. The highest BCUT2D eigenvalue weighted by atomic mass is 28.3.